The molecule has 0 atom stereocenters. The van der Waals surface area contributed by atoms with E-state index < -0.39 is 9.84 Å². The quantitative estimate of drug-likeness (QED) is 0.601. The van der Waals surface area contributed by atoms with Crippen LogP contribution in [0, 0.1) is 0 Å². The number of methoxy groups -OCH3 is 1. The third-order valence-electron chi connectivity index (χ3n) is 5.25. The van der Waals surface area contributed by atoms with Crippen LogP contribution in [-0.4, -0.2) is 63.3 Å². The van der Waals surface area contributed by atoms with Crippen molar-refractivity contribution >= 4 is 42.4 Å². The van der Waals surface area contributed by atoms with E-state index in [1.54, 1.807) is 42.4 Å². The number of amides is 1. The molecule has 3 aromatic rings. The van der Waals surface area contributed by atoms with Gasteiger partial charge in [0.05, 0.1) is 22.5 Å². The Balaban J connectivity index is 1.47. The summed E-state index contributed by atoms with van der Waals surface area (Å²) in [4.78, 5) is 21.8. The molecule has 4 rings (SSSR count). The van der Waals surface area contributed by atoms with Gasteiger partial charge in [-0.25, -0.2) is 13.4 Å². The number of anilines is 1. The summed E-state index contributed by atoms with van der Waals surface area (Å²) < 4.78 is 30.7. The molecule has 0 N–H and O–H groups in total. The first-order chi connectivity index (χ1) is 14.4. The topological polar surface area (TPSA) is 79.8 Å². The highest BCUT2D eigenvalue weighted by Gasteiger charge is 2.25. The van der Waals surface area contributed by atoms with Crippen LogP contribution in [0.3, 0.4) is 0 Å². The third-order valence-corrected chi connectivity index (χ3v) is 8.06. The molecule has 30 heavy (non-hydrogen) atoms. The Morgan fingerprint density at radius 1 is 1.13 bits per heavy atom. The first-order valence-corrected chi connectivity index (χ1v) is 12.2. The molecule has 1 aromatic heterocycles. The lowest BCUT2D eigenvalue weighted by Crippen LogP contribution is -2.48. The number of aromatic nitrogens is 1. The van der Waals surface area contributed by atoms with Gasteiger partial charge in [0.2, 0.25) is 0 Å². The molecule has 1 amide bonds. The van der Waals surface area contributed by atoms with Gasteiger partial charge >= 0.3 is 0 Å². The number of ether oxygens (including phenoxy) is 1. The van der Waals surface area contributed by atoms with Gasteiger partial charge in [-0.05, 0) is 30.3 Å². The van der Waals surface area contributed by atoms with Crippen molar-refractivity contribution in [3.8, 4) is 5.75 Å². The predicted octanol–water partition coefficient (Wildman–Crippen LogP) is 3.06. The molecule has 0 saturated carbocycles. The van der Waals surface area contributed by atoms with E-state index in [2.05, 4.69) is 4.90 Å². The number of carbonyl (C=O) groups excluding carboxylic acids is 1. The second-order valence-corrected chi connectivity index (χ2v) is 10.3. The van der Waals surface area contributed by atoms with Crippen molar-refractivity contribution < 1.29 is 17.9 Å². The van der Waals surface area contributed by atoms with Crippen LogP contribution in [0.1, 0.15) is 17.3 Å². The summed E-state index contributed by atoms with van der Waals surface area (Å²) in [5.74, 6) is 0.621. The van der Waals surface area contributed by atoms with Crippen LogP contribution in [-0.2, 0) is 9.84 Å². The summed E-state index contributed by atoms with van der Waals surface area (Å²) in [6, 6.07) is 12.2. The summed E-state index contributed by atoms with van der Waals surface area (Å²) in [5, 5.41) is 0.914. The number of benzene rings is 2. The van der Waals surface area contributed by atoms with E-state index in [1.807, 2.05) is 18.2 Å². The Labute approximate surface area is 179 Å². The standard InChI is InChI=1S/C21H23N3O4S2/c1-3-30(26,27)16-7-4-6-15(14-16)20(25)23-10-12-24(13-11-23)21-22-19-17(28-2)8-5-9-18(19)29-21/h4-9,14H,3,10-13H2,1-2H3. The SMILES string of the molecule is CCS(=O)(=O)c1cccc(C(=O)N2CCN(c3nc4c(OC)cccc4s3)CC2)c1. The lowest BCUT2D eigenvalue weighted by Gasteiger charge is -2.34. The number of thiazole rings is 1. The Hall–Kier alpha value is -2.65. The van der Waals surface area contributed by atoms with Crippen LogP contribution in [0.15, 0.2) is 47.4 Å². The lowest BCUT2D eigenvalue weighted by atomic mass is 10.2. The van der Waals surface area contributed by atoms with Crippen LogP contribution in [0.5, 0.6) is 5.75 Å². The fraction of sp³-hybridized carbons (Fsp3) is 0.333. The number of nitrogens with zero attached hydrogens (tertiary/aromatic N) is 3. The maximum absolute atomic E-state index is 12.9. The van der Waals surface area contributed by atoms with Crippen LogP contribution in [0.4, 0.5) is 5.13 Å². The van der Waals surface area contributed by atoms with Crippen molar-refractivity contribution in [1.29, 1.82) is 0 Å². The maximum atomic E-state index is 12.9. The highest BCUT2D eigenvalue weighted by molar-refractivity contribution is 7.91. The Morgan fingerprint density at radius 2 is 1.87 bits per heavy atom. The number of piperazine rings is 1. The fourth-order valence-electron chi connectivity index (χ4n) is 3.48. The summed E-state index contributed by atoms with van der Waals surface area (Å²) in [5.41, 5.74) is 1.26. The lowest BCUT2D eigenvalue weighted by molar-refractivity contribution is 0.0746. The average Bonchev–Trinajstić information content (AvgIpc) is 3.23. The zero-order valence-electron chi connectivity index (χ0n) is 16.9. The van der Waals surface area contributed by atoms with Gasteiger partial charge in [0.1, 0.15) is 11.3 Å². The molecule has 1 fully saturated rings. The summed E-state index contributed by atoms with van der Waals surface area (Å²) in [6.45, 7) is 4.04. The van der Waals surface area contributed by atoms with Crippen molar-refractivity contribution in [2.24, 2.45) is 0 Å². The van der Waals surface area contributed by atoms with Gasteiger partial charge in [-0.1, -0.05) is 30.4 Å². The van der Waals surface area contributed by atoms with Gasteiger partial charge in [-0.2, -0.15) is 0 Å². The Kier molecular flexibility index (Phi) is 5.66. The largest absolute Gasteiger partial charge is 0.494 e. The van der Waals surface area contributed by atoms with Crippen molar-refractivity contribution in [2.75, 3.05) is 43.9 Å². The highest BCUT2D eigenvalue weighted by atomic mass is 32.2. The molecule has 158 valence electrons. The third kappa shape index (κ3) is 3.87. The number of para-hydroxylation sites is 1. The number of carbonyl (C=O) groups is 1. The summed E-state index contributed by atoms with van der Waals surface area (Å²) in [6.07, 6.45) is 0. The molecule has 0 radical (unpaired) electrons. The zero-order valence-corrected chi connectivity index (χ0v) is 18.5. The molecule has 0 bridgehead atoms. The molecule has 1 aliphatic heterocycles. The van der Waals surface area contributed by atoms with Crippen LogP contribution < -0.4 is 9.64 Å². The zero-order chi connectivity index (χ0) is 21.3. The van der Waals surface area contributed by atoms with Crippen LogP contribution in [0.2, 0.25) is 0 Å². The highest BCUT2D eigenvalue weighted by Crippen LogP contribution is 2.34. The van der Waals surface area contributed by atoms with E-state index in [0.717, 1.165) is 21.1 Å². The van der Waals surface area contributed by atoms with E-state index in [4.69, 9.17) is 9.72 Å². The molecule has 2 heterocycles. The second kappa shape index (κ2) is 8.23. The molecular weight excluding hydrogens is 422 g/mol. The smallest absolute Gasteiger partial charge is 0.254 e. The van der Waals surface area contributed by atoms with Gasteiger partial charge in [0.25, 0.3) is 5.91 Å². The monoisotopic (exact) mass is 445 g/mol. The molecule has 2 aromatic carbocycles. The minimum absolute atomic E-state index is 0.0102. The number of hydrogen-bond acceptors (Lipinski definition) is 7. The van der Waals surface area contributed by atoms with Gasteiger partial charge in [-0.3, -0.25) is 4.79 Å². The molecule has 0 aliphatic carbocycles. The predicted molar refractivity (Wildman–Crippen MR) is 118 cm³/mol. The van der Waals surface area contributed by atoms with E-state index in [9.17, 15) is 13.2 Å². The number of sulfone groups is 1. The molecule has 1 aliphatic rings. The van der Waals surface area contributed by atoms with Crippen molar-refractivity contribution in [2.45, 2.75) is 11.8 Å². The molecule has 1 saturated heterocycles. The summed E-state index contributed by atoms with van der Waals surface area (Å²) in [7, 11) is -1.71. The van der Waals surface area contributed by atoms with Crippen molar-refractivity contribution in [3.63, 3.8) is 0 Å². The van der Waals surface area contributed by atoms with Gasteiger partial charge in [0.15, 0.2) is 15.0 Å². The molecule has 0 spiro atoms. The number of fused-ring (bicyclic) bond motifs is 1. The van der Waals surface area contributed by atoms with E-state index in [-0.39, 0.29) is 16.6 Å². The van der Waals surface area contributed by atoms with E-state index in [1.165, 1.54) is 12.1 Å². The minimum atomic E-state index is -3.34. The summed E-state index contributed by atoms with van der Waals surface area (Å²) >= 11 is 1.61. The van der Waals surface area contributed by atoms with Gasteiger partial charge in [0, 0.05) is 31.7 Å². The van der Waals surface area contributed by atoms with Gasteiger partial charge < -0.3 is 14.5 Å². The van der Waals surface area contributed by atoms with Crippen LogP contribution >= 0.6 is 11.3 Å². The maximum Gasteiger partial charge on any atom is 0.254 e. The molecular formula is C21H23N3O4S2. The average molecular weight is 446 g/mol. The fourth-order valence-corrected chi connectivity index (χ4v) is 5.44. The molecule has 0 unspecified atom stereocenters. The number of rotatable bonds is 5. The van der Waals surface area contributed by atoms with Crippen molar-refractivity contribution in [3.05, 3.63) is 48.0 Å². The van der Waals surface area contributed by atoms with Crippen molar-refractivity contribution in [1.82, 2.24) is 9.88 Å². The first kappa shape index (κ1) is 20.6. The second-order valence-electron chi connectivity index (χ2n) is 7.01. The minimum Gasteiger partial charge on any atom is -0.494 e. The van der Waals surface area contributed by atoms with Crippen LogP contribution in [0.25, 0.3) is 10.2 Å². The van der Waals surface area contributed by atoms with Gasteiger partial charge in [-0.15, -0.1) is 0 Å². The normalized spacial score (nSPS) is 14.9. The molecule has 7 nitrogen and oxygen atoms in total. The Bertz CT molecular complexity index is 1180. The van der Waals surface area contributed by atoms with E-state index in [0.29, 0.717) is 31.7 Å². The first-order valence-electron chi connectivity index (χ1n) is 9.73. The number of hydrogen-bond donors (Lipinski definition) is 0. The molecule has 9 heteroatoms. The Morgan fingerprint density at radius 3 is 2.57 bits per heavy atom. The van der Waals surface area contributed by atoms with E-state index >= 15 is 0 Å².